The number of amides is 1. The van der Waals surface area contributed by atoms with Gasteiger partial charge in [-0.1, -0.05) is 35.3 Å². The molecule has 4 rings (SSSR count). The van der Waals surface area contributed by atoms with Crippen molar-refractivity contribution in [1.29, 1.82) is 0 Å². The summed E-state index contributed by atoms with van der Waals surface area (Å²) < 4.78 is 5.41. The molecule has 0 spiro atoms. The van der Waals surface area contributed by atoms with Crippen LogP contribution in [-0.2, 0) is 15.1 Å². The van der Waals surface area contributed by atoms with Gasteiger partial charge < -0.3 is 15.8 Å². The molecule has 1 atom stereocenters. The van der Waals surface area contributed by atoms with Crippen molar-refractivity contribution in [3.8, 4) is 0 Å². The van der Waals surface area contributed by atoms with Crippen LogP contribution < -0.4 is 11.1 Å². The van der Waals surface area contributed by atoms with Crippen LogP contribution in [0.15, 0.2) is 47.5 Å². The fourth-order valence-corrected chi connectivity index (χ4v) is 4.58. The first-order valence-electron chi connectivity index (χ1n) is 9.94. The second-order valence-corrected chi connectivity index (χ2v) is 8.64. The van der Waals surface area contributed by atoms with Gasteiger partial charge in [0.15, 0.2) is 5.96 Å². The van der Waals surface area contributed by atoms with Gasteiger partial charge in [0.25, 0.3) is 0 Å². The maximum atomic E-state index is 13.1. The summed E-state index contributed by atoms with van der Waals surface area (Å²) in [4.78, 5) is 19.4. The summed E-state index contributed by atoms with van der Waals surface area (Å²) in [6.45, 7) is 3.15. The SMILES string of the molecule is C[C@@]1(c2cccc(Nc3ccc(Cl)cc3)c2Cl)CC(=O)N(C2CCOCC2)C(N)=N1. The van der Waals surface area contributed by atoms with Crippen LogP contribution in [0.1, 0.15) is 31.7 Å². The van der Waals surface area contributed by atoms with Gasteiger partial charge in [-0.2, -0.15) is 0 Å². The van der Waals surface area contributed by atoms with Crippen LogP contribution in [0.3, 0.4) is 0 Å². The molecule has 30 heavy (non-hydrogen) atoms. The predicted octanol–water partition coefficient (Wildman–Crippen LogP) is 4.68. The normalized spacial score (nSPS) is 22.7. The summed E-state index contributed by atoms with van der Waals surface area (Å²) in [5, 5.41) is 4.47. The molecular formula is C22H24Cl2N4O2. The Balaban J connectivity index is 1.63. The predicted molar refractivity (Wildman–Crippen MR) is 120 cm³/mol. The zero-order valence-corrected chi connectivity index (χ0v) is 18.2. The largest absolute Gasteiger partial charge is 0.381 e. The standard InChI is InChI=1S/C22H24Cl2N4O2/c1-22(13-19(29)28(21(25)27-22)16-9-11-30-12-10-16)17-3-2-4-18(20(17)24)26-15-7-5-14(23)6-8-15/h2-8,16,26H,9-13H2,1H3,(H2,25,27)/t22-/m0/s1. The maximum Gasteiger partial charge on any atom is 0.232 e. The van der Waals surface area contributed by atoms with Crippen LogP contribution in [0.25, 0.3) is 0 Å². The summed E-state index contributed by atoms with van der Waals surface area (Å²) in [5.41, 5.74) is 7.79. The molecule has 158 valence electrons. The zero-order chi connectivity index (χ0) is 21.3. The van der Waals surface area contributed by atoms with Crippen LogP contribution >= 0.6 is 23.2 Å². The van der Waals surface area contributed by atoms with E-state index in [1.807, 2.05) is 37.3 Å². The zero-order valence-electron chi connectivity index (χ0n) is 16.7. The molecule has 2 aromatic rings. The number of hydrogen-bond acceptors (Lipinski definition) is 5. The number of guanidine groups is 1. The van der Waals surface area contributed by atoms with Crippen molar-refractivity contribution in [3.05, 3.63) is 58.1 Å². The van der Waals surface area contributed by atoms with Crippen molar-refractivity contribution in [1.82, 2.24) is 4.90 Å². The molecule has 0 aromatic heterocycles. The fourth-order valence-electron chi connectivity index (χ4n) is 4.08. The molecule has 1 amide bonds. The molecule has 0 bridgehead atoms. The van der Waals surface area contributed by atoms with Gasteiger partial charge in [0.05, 0.1) is 22.7 Å². The molecule has 0 unspecified atom stereocenters. The van der Waals surface area contributed by atoms with Gasteiger partial charge in [-0.15, -0.1) is 0 Å². The highest BCUT2D eigenvalue weighted by atomic mass is 35.5. The van der Waals surface area contributed by atoms with E-state index in [2.05, 4.69) is 5.32 Å². The summed E-state index contributed by atoms with van der Waals surface area (Å²) in [6, 6.07) is 13.1. The van der Waals surface area contributed by atoms with Crippen molar-refractivity contribution in [3.63, 3.8) is 0 Å². The lowest BCUT2D eigenvalue weighted by Crippen LogP contribution is -2.55. The number of anilines is 2. The van der Waals surface area contributed by atoms with Crippen molar-refractivity contribution < 1.29 is 9.53 Å². The van der Waals surface area contributed by atoms with Crippen molar-refractivity contribution in [2.45, 2.75) is 37.8 Å². The highest BCUT2D eigenvalue weighted by Crippen LogP contribution is 2.41. The summed E-state index contributed by atoms with van der Waals surface area (Å²) in [7, 11) is 0. The molecule has 0 saturated carbocycles. The third kappa shape index (κ3) is 4.13. The second-order valence-electron chi connectivity index (χ2n) is 7.83. The van der Waals surface area contributed by atoms with Crippen LogP contribution in [-0.4, -0.2) is 36.0 Å². The number of nitrogens with one attached hydrogen (secondary N) is 1. The lowest BCUT2D eigenvalue weighted by atomic mass is 9.86. The molecule has 0 radical (unpaired) electrons. The molecule has 2 heterocycles. The molecule has 6 nitrogen and oxygen atoms in total. The van der Waals surface area contributed by atoms with E-state index in [9.17, 15) is 4.79 Å². The number of aliphatic imine (C=N–C) groups is 1. The first-order valence-corrected chi connectivity index (χ1v) is 10.7. The Morgan fingerprint density at radius 1 is 1.17 bits per heavy atom. The third-order valence-corrected chi connectivity index (χ3v) is 6.29. The van der Waals surface area contributed by atoms with E-state index in [0.717, 1.165) is 29.8 Å². The average Bonchev–Trinajstić information content (AvgIpc) is 2.71. The topological polar surface area (TPSA) is 80.0 Å². The molecule has 3 N–H and O–H groups in total. The number of carbonyl (C=O) groups is 1. The molecule has 2 aromatic carbocycles. The van der Waals surface area contributed by atoms with E-state index in [4.69, 9.17) is 38.7 Å². The number of nitrogens with zero attached hydrogens (tertiary/aromatic N) is 2. The summed E-state index contributed by atoms with van der Waals surface area (Å²) in [5.74, 6) is 0.205. The van der Waals surface area contributed by atoms with Gasteiger partial charge in [-0.3, -0.25) is 9.69 Å². The van der Waals surface area contributed by atoms with Gasteiger partial charge in [0.1, 0.15) is 0 Å². The lowest BCUT2D eigenvalue weighted by molar-refractivity contribution is -0.132. The van der Waals surface area contributed by atoms with Crippen LogP contribution in [0.5, 0.6) is 0 Å². The molecular weight excluding hydrogens is 423 g/mol. The van der Waals surface area contributed by atoms with Gasteiger partial charge in [0, 0.05) is 35.5 Å². The number of carbonyl (C=O) groups excluding carboxylic acids is 1. The average molecular weight is 447 g/mol. The number of hydrogen-bond donors (Lipinski definition) is 2. The smallest absolute Gasteiger partial charge is 0.232 e. The quantitative estimate of drug-likeness (QED) is 0.714. The van der Waals surface area contributed by atoms with Gasteiger partial charge >= 0.3 is 0 Å². The number of rotatable bonds is 4. The Bertz CT molecular complexity index is 974. The minimum atomic E-state index is -0.836. The summed E-state index contributed by atoms with van der Waals surface area (Å²) >= 11 is 12.7. The molecule has 2 aliphatic heterocycles. The van der Waals surface area contributed by atoms with Crippen LogP contribution in [0, 0.1) is 0 Å². The van der Waals surface area contributed by atoms with Crippen LogP contribution in [0.4, 0.5) is 11.4 Å². The number of halogens is 2. The highest BCUT2D eigenvalue weighted by Gasteiger charge is 2.41. The minimum absolute atomic E-state index is 0.0351. The van der Waals surface area contributed by atoms with Gasteiger partial charge in [-0.25, -0.2) is 4.99 Å². The Morgan fingerprint density at radius 2 is 1.87 bits per heavy atom. The monoisotopic (exact) mass is 446 g/mol. The van der Waals surface area contributed by atoms with E-state index < -0.39 is 5.54 Å². The molecule has 1 saturated heterocycles. The number of nitrogens with two attached hydrogens (primary N) is 1. The Kier molecular flexibility index (Phi) is 5.91. The van der Waals surface area contributed by atoms with Gasteiger partial charge in [-0.05, 0) is 50.1 Å². The third-order valence-electron chi connectivity index (χ3n) is 5.63. The molecule has 8 heteroatoms. The van der Waals surface area contributed by atoms with Crippen LogP contribution in [0.2, 0.25) is 10.0 Å². The Morgan fingerprint density at radius 3 is 2.53 bits per heavy atom. The van der Waals surface area contributed by atoms with E-state index in [1.165, 1.54) is 0 Å². The Labute approximate surface area is 186 Å². The first kappa shape index (κ1) is 21.0. The van der Waals surface area contributed by atoms with E-state index in [-0.39, 0.29) is 24.3 Å². The first-order chi connectivity index (χ1) is 14.4. The maximum absolute atomic E-state index is 13.1. The van der Waals surface area contributed by atoms with Gasteiger partial charge in [0.2, 0.25) is 5.91 Å². The lowest BCUT2D eigenvalue weighted by Gasteiger charge is -2.40. The highest BCUT2D eigenvalue weighted by molar-refractivity contribution is 6.34. The molecule has 0 aliphatic carbocycles. The number of benzene rings is 2. The Hall–Kier alpha value is -2.28. The summed E-state index contributed by atoms with van der Waals surface area (Å²) in [6.07, 6.45) is 1.73. The van der Waals surface area contributed by atoms with Crippen molar-refractivity contribution in [2.75, 3.05) is 18.5 Å². The minimum Gasteiger partial charge on any atom is -0.381 e. The fraction of sp³-hybridized carbons (Fsp3) is 0.364. The van der Waals surface area contributed by atoms with E-state index >= 15 is 0 Å². The molecule has 2 aliphatic rings. The van der Waals surface area contributed by atoms with Crippen molar-refractivity contribution in [2.24, 2.45) is 10.7 Å². The van der Waals surface area contributed by atoms with E-state index in [0.29, 0.717) is 23.3 Å². The van der Waals surface area contributed by atoms with Crippen molar-refractivity contribution >= 4 is 46.4 Å². The van der Waals surface area contributed by atoms with E-state index in [1.54, 1.807) is 17.0 Å². The molecule has 1 fully saturated rings. The second kappa shape index (κ2) is 8.46. The number of ether oxygens (including phenoxy) is 1.